The predicted octanol–water partition coefficient (Wildman–Crippen LogP) is 0.843. The molecule has 0 aliphatic heterocycles. The van der Waals surface area contributed by atoms with Gasteiger partial charge in [0.15, 0.2) is 5.82 Å². The van der Waals surface area contributed by atoms with E-state index in [1.807, 2.05) is 6.07 Å². The van der Waals surface area contributed by atoms with Crippen LogP contribution in [0.4, 0.5) is 5.82 Å². The lowest BCUT2D eigenvalue weighted by atomic mass is 10.3. The third-order valence-electron chi connectivity index (χ3n) is 1.11. The summed E-state index contributed by atoms with van der Waals surface area (Å²) >= 11 is 2.08. The average Bonchev–Trinajstić information content (AvgIpc) is 2.04. The highest BCUT2D eigenvalue weighted by molar-refractivity contribution is 14.1. The van der Waals surface area contributed by atoms with Crippen LogP contribution < -0.4 is 11.3 Å². The first-order chi connectivity index (χ1) is 5.27. The fraction of sp³-hybridized carbons (Fsp3) is 0. The Morgan fingerprint density at radius 1 is 1.73 bits per heavy atom. The van der Waals surface area contributed by atoms with Crippen LogP contribution in [-0.2, 0) is 0 Å². The molecule has 0 bridgehead atoms. The van der Waals surface area contributed by atoms with Gasteiger partial charge in [-0.15, -0.1) is 0 Å². The van der Waals surface area contributed by atoms with Crippen molar-refractivity contribution in [2.75, 3.05) is 5.43 Å². The first kappa shape index (κ1) is 8.23. The molecule has 1 rings (SSSR count). The molecule has 1 aromatic rings. The molecular formula is C6H5IN4. The summed E-state index contributed by atoms with van der Waals surface area (Å²) in [6.45, 7) is 0. The number of nitriles is 1. The molecule has 0 amide bonds. The Kier molecular flexibility index (Phi) is 2.62. The standard InChI is InChI=1S/C6H5IN4/c7-5-1-4(2-8)6(11-9)10-3-5/h1,3H,9H2,(H,10,11). The molecule has 5 heteroatoms. The number of pyridine rings is 1. The number of hydrogen-bond donors (Lipinski definition) is 2. The molecule has 0 radical (unpaired) electrons. The van der Waals surface area contributed by atoms with Crippen molar-refractivity contribution in [3.8, 4) is 6.07 Å². The van der Waals surface area contributed by atoms with Crippen LogP contribution in [0.25, 0.3) is 0 Å². The number of nitrogen functional groups attached to an aromatic ring is 1. The molecule has 4 nitrogen and oxygen atoms in total. The summed E-state index contributed by atoms with van der Waals surface area (Å²) in [5, 5.41) is 8.59. The van der Waals surface area contributed by atoms with Crippen molar-refractivity contribution in [3.05, 3.63) is 21.4 Å². The number of hydrogen-bond acceptors (Lipinski definition) is 4. The normalized spacial score (nSPS) is 8.82. The van der Waals surface area contributed by atoms with Gasteiger partial charge in [-0.1, -0.05) is 0 Å². The number of nitrogens with two attached hydrogens (primary N) is 1. The van der Waals surface area contributed by atoms with Crippen molar-refractivity contribution < 1.29 is 0 Å². The third kappa shape index (κ3) is 1.78. The van der Waals surface area contributed by atoms with Crippen LogP contribution in [0, 0.1) is 14.9 Å². The van der Waals surface area contributed by atoms with Crippen molar-refractivity contribution in [1.29, 1.82) is 5.26 Å². The van der Waals surface area contributed by atoms with Crippen LogP contribution >= 0.6 is 22.6 Å². The Balaban J connectivity index is 3.19. The van der Waals surface area contributed by atoms with E-state index in [1.54, 1.807) is 12.3 Å². The van der Waals surface area contributed by atoms with Gasteiger partial charge >= 0.3 is 0 Å². The van der Waals surface area contributed by atoms with Crippen LogP contribution in [0.5, 0.6) is 0 Å². The van der Waals surface area contributed by atoms with Gasteiger partial charge in [0.2, 0.25) is 0 Å². The number of rotatable bonds is 1. The van der Waals surface area contributed by atoms with Gasteiger partial charge in [0.05, 0.1) is 5.56 Å². The van der Waals surface area contributed by atoms with Gasteiger partial charge in [0, 0.05) is 9.77 Å². The summed E-state index contributed by atoms with van der Waals surface area (Å²) in [4.78, 5) is 3.90. The highest BCUT2D eigenvalue weighted by Gasteiger charge is 2.00. The largest absolute Gasteiger partial charge is 0.307 e. The molecule has 0 aromatic carbocycles. The molecule has 0 spiro atoms. The van der Waals surface area contributed by atoms with Crippen molar-refractivity contribution >= 4 is 28.4 Å². The zero-order chi connectivity index (χ0) is 8.27. The van der Waals surface area contributed by atoms with Crippen LogP contribution in [-0.4, -0.2) is 4.98 Å². The number of nitrogens with zero attached hydrogens (tertiary/aromatic N) is 2. The third-order valence-corrected chi connectivity index (χ3v) is 1.70. The van der Waals surface area contributed by atoms with E-state index in [2.05, 4.69) is 33.0 Å². The van der Waals surface area contributed by atoms with Gasteiger partial charge < -0.3 is 5.43 Å². The summed E-state index contributed by atoms with van der Waals surface area (Å²) in [5.74, 6) is 5.52. The van der Waals surface area contributed by atoms with Crippen molar-refractivity contribution in [1.82, 2.24) is 4.98 Å². The second-order valence-electron chi connectivity index (χ2n) is 1.81. The van der Waals surface area contributed by atoms with Gasteiger partial charge in [-0.2, -0.15) is 5.26 Å². The maximum absolute atomic E-state index is 8.59. The lowest BCUT2D eigenvalue weighted by molar-refractivity contribution is 1.20. The summed E-state index contributed by atoms with van der Waals surface area (Å²) in [5.41, 5.74) is 2.79. The van der Waals surface area contributed by atoms with E-state index in [4.69, 9.17) is 11.1 Å². The topological polar surface area (TPSA) is 74.7 Å². The van der Waals surface area contributed by atoms with E-state index in [0.29, 0.717) is 11.4 Å². The lowest BCUT2D eigenvalue weighted by Crippen LogP contribution is -2.10. The Morgan fingerprint density at radius 2 is 2.45 bits per heavy atom. The summed E-state index contributed by atoms with van der Waals surface area (Å²) in [6.07, 6.45) is 1.64. The van der Waals surface area contributed by atoms with Gasteiger partial charge in [0.25, 0.3) is 0 Å². The second kappa shape index (κ2) is 3.50. The lowest BCUT2D eigenvalue weighted by Gasteiger charge is -1.99. The van der Waals surface area contributed by atoms with E-state index in [9.17, 15) is 0 Å². The molecule has 3 N–H and O–H groups in total. The molecule has 1 heterocycles. The smallest absolute Gasteiger partial charge is 0.157 e. The highest BCUT2D eigenvalue weighted by Crippen LogP contribution is 2.12. The highest BCUT2D eigenvalue weighted by atomic mass is 127. The van der Waals surface area contributed by atoms with Gasteiger partial charge in [0.1, 0.15) is 6.07 Å². The second-order valence-corrected chi connectivity index (χ2v) is 3.05. The first-order valence-electron chi connectivity index (χ1n) is 2.80. The SMILES string of the molecule is N#Cc1cc(I)cnc1NN. The minimum absolute atomic E-state index is 0.410. The Labute approximate surface area is 77.5 Å². The van der Waals surface area contributed by atoms with Crippen LogP contribution in [0.3, 0.4) is 0 Å². The van der Waals surface area contributed by atoms with Gasteiger partial charge in [-0.05, 0) is 28.7 Å². The average molecular weight is 260 g/mol. The van der Waals surface area contributed by atoms with E-state index in [-0.39, 0.29) is 0 Å². The Hall–Kier alpha value is -0.870. The van der Waals surface area contributed by atoms with Crippen LogP contribution in [0.1, 0.15) is 5.56 Å². The van der Waals surface area contributed by atoms with E-state index in [0.717, 1.165) is 3.57 Å². The summed E-state index contributed by atoms with van der Waals surface area (Å²) in [7, 11) is 0. The fourth-order valence-corrected chi connectivity index (χ4v) is 1.09. The minimum Gasteiger partial charge on any atom is -0.307 e. The van der Waals surface area contributed by atoms with E-state index in [1.165, 1.54) is 0 Å². The van der Waals surface area contributed by atoms with Crippen molar-refractivity contribution in [3.63, 3.8) is 0 Å². The van der Waals surface area contributed by atoms with Gasteiger partial charge in [-0.3, -0.25) is 0 Å². The Morgan fingerprint density at radius 3 is 3.00 bits per heavy atom. The Bertz CT molecular complexity index is 304. The maximum atomic E-state index is 8.59. The zero-order valence-corrected chi connectivity index (χ0v) is 7.66. The molecule has 0 aliphatic rings. The van der Waals surface area contributed by atoms with Gasteiger partial charge in [-0.25, -0.2) is 10.8 Å². The number of aromatic nitrogens is 1. The summed E-state index contributed by atoms with van der Waals surface area (Å²) < 4.78 is 0.915. The molecule has 0 saturated heterocycles. The number of anilines is 1. The molecule has 0 fully saturated rings. The number of hydrazine groups is 1. The molecule has 11 heavy (non-hydrogen) atoms. The van der Waals surface area contributed by atoms with E-state index < -0.39 is 0 Å². The predicted molar refractivity (Wildman–Crippen MR) is 49.5 cm³/mol. The first-order valence-corrected chi connectivity index (χ1v) is 3.88. The fourth-order valence-electron chi connectivity index (χ4n) is 0.640. The molecule has 0 unspecified atom stereocenters. The molecule has 1 aromatic heterocycles. The van der Waals surface area contributed by atoms with Crippen molar-refractivity contribution in [2.24, 2.45) is 5.84 Å². The van der Waals surface area contributed by atoms with Crippen LogP contribution in [0.2, 0.25) is 0 Å². The van der Waals surface area contributed by atoms with Crippen LogP contribution in [0.15, 0.2) is 12.3 Å². The molecule has 0 saturated carbocycles. The minimum atomic E-state index is 0.410. The molecule has 56 valence electrons. The van der Waals surface area contributed by atoms with Crippen molar-refractivity contribution in [2.45, 2.75) is 0 Å². The summed E-state index contributed by atoms with van der Waals surface area (Å²) in [6, 6.07) is 3.69. The zero-order valence-electron chi connectivity index (χ0n) is 5.50. The molecule has 0 atom stereocenters. The number of nitrogens with one attached hydrogen (secondary N) is 1. The number of halogens is 1. The monoisotopic (exact) mass is 260 g/mol. The molecule has 0 aliphatic carbocycles. The maximum Gasteiger partial charge on any atom is 0.157 e. The van der Waals surface area contributed by atoms with E-state index >= 15 is 0 Å². The quantitative estimate of drug-likeness (QED) is 0.446. The molecular weight excluding hydrogens is 255 g/mol.